The van der Waals surface area contributed by atoms with Crippen molar-refractivity contribution in [3.8, 4) is 0 Å². The Morgan fingerprint density at radius 2 is 2.00 bits per heavy atom. The van der Waals surface area contributed by atoms with Crippen molar-refractivity contribution < 1.29 is 0 Å². The number of likely N-dealkylation sites (tertiary alicyclic amines) is 1. The van der Waals surface area contributed by atoms with Gasteiger partial charge in [-0.3, -0.25) is 4.90 Å². The van der Waals surface area contributed by atoms with E-state index in [0.29, 0.717) is 5.41 Å². The van der Waals surface area contributed by atoms with Gasteiger partial charge in [-0.05, 0) is 64.0 Å². The highest BCUT2D eigenvalue weighted by atomic mass is 15.2. The van der Waals surface area contributed by atoms with Crippen molar-refractivity contribution in [2.75, 3.05) is 19.6 Å². The zero-order valence-electron chi connectivity index (χ0n) is 9.97. The van der Waals surface area contributed by atoms with Crippen LogP contribution in [-0.2, 0) is 0 Å². The fourth-order valence-corrected chi connectivity index (χ4v) is 3.83. The fourth-order valence-electron chi connectivity index (χ4n) is 3.83. The number of nitrogens with zero attached hydrogens (tertiary/aromatic N) is 1. The summed E-state index contributed by atoms with van der Waals surface area (Å²) in [7, 11) is 0. The van der Waals surface area contributed by atoms with Crippen molar-refractivity contribution in [3.63, 3.8) is 0 Å². The van der Waals surface area contributed by atoms with Gasteiger partial charge in [-0.25, -0.2) is 0 Å². The largest absolute Gasteiger partial charge is 0.316 e. The van der Waals surface area contributed by atoms with Crippen LogP contribution in [0.4, 0.5) is 0 Å². The van der Waals surface area contributed by atoms with E-state index in [1.165, 1.54) is 58.2 Å². The monoisotopic (exact) mass is 208 g/mol. The van der Waals surface area contributed by atoms with Gasteiger partial charge in [-0.1, -0.05) is 0 Å². The maximum atomic E-state index is 3.63. The lowest BCUT2D eigenvalue weighted by atomic mass is 9.69. The van der Waals surface area contributed by atoms with E-state index in [2.05, 4.69) is 17.1 Å². The number of nitrogens with one attached hydrogen (secondary N) is 1. The lowest BCUT2D eigenvalue weighted by Gasteiger charge is -2.51. The van der Waals surface area contributed by atoms with Gasteiger partial charge in [-0.15, -0.1) is 0 Å². The van der Waals surface area contributed by atoms with Crippen LogP contribution < -0.4 is 5.32 Å². The molecule has 1 saturated carbocycles. The number of hydrogen-bond donors (Lipinski definition) is 1. The second-order valence-corrected chi connectivity index (χ2v) is 5.89. The first-order valence-electron chi connectivity index (χ1n) is 6.78. The Morgan fingerprint density at radius 1 is 1.20 bits per heavy atom. The molecule has 1 N–H and O–H groups in total. The topological polar surface area (TPSA) is 15.3 Å². The van der Waals surface area contributed by atoms with Gasteiger partial charge in [0, 0.05) is 18.6 Å². The standard InChI is InChI=1S/C13H24N2/c1-11-13(6-2-8-14-10-13)7-3-9-15(11)12-4-5-12/h11-12,14H,2-10H2,1H3. The average molecular weight is 208 g/mol. The number of hydrogen-bond acceptors (Lipinski definition) is 2. The molecule has 2 heterocycles. The smallest absolute Gasteiger partial charge is 0.0138 e. The molecule has 2 unspecified atom stereocenters. The summed E-state index contributed by atoms with van der Waals surface area (Å²) in [5, 5.41) is 3.63. The third-order valence-corrected chi connectivity index (χ3v) is 5.00. The minimum absolute atomic E-state index is 0.624. The van der Waals surface area contributed by atoms with Crippen LogP contribution in [0.15, 0.2) is 0 Å². The predicted octanol–water partition coefficient (Wildman–Crippen LogP) is 2.00. The van der Waals surface area contributed by atoms with Crippen molar-refractivity contribution in [3.05, 3.63) is 0 Å². The van der Waals surface area contributed by atoms with Crippen LogP contribution in [0.3, 0.4) is 0 Å². The summed E-state index contributed by atoms with van der Waals surface area (Å²) in [4.78, 5) is 2.82. The Morgan fingerprint density at radius 3 is 2.67 bits per heavy atom. The highest BCUT2D eigenvalue weighted by molar-refractivity contribution is 5.01. The van der Waals surface area contributed by atoms with E-state index in [0.717, 1.165) is 12.1 Å². The third kappa shape index (κ3) is 1.72. The zero-order chi connectivity index (χ0) is 10.3. The molecule has 0 aromatic heterocycles. The first-order chi connectivity index (χ1) is 7.32. The van der Waals surface area contributed by atoms with Gasteiger partial charge < -0.3 is 5.32 Å². The SMILES string of the molecule is CC1N(C2CC2)CCCC12CCCNC2. The van der Waals surface area contributed by atoms with Gasteiger partial charge in [0.05, 0.1) is 0 Å². The molecule has 3 aliphatic rings. The van der Waals surface area contributed by atoms with Gasteiger partial charge >= 0.3 is 0 Å². The molecule has 1 spiro atoms. The molecule has 86 valence electrons. The minimum Gasteiger partial charge on any atom is -0.316 e. The van der Waals surface area contributed by atoms with Crippen LogP contribution in [0.1, 0.15) is 45.4 Å². The lowest BCUT2D eigenvalue weighted by Crippen LogP contribution is -2.57. The normalized spacial score (nSPS) is 43.4. The van der Waals surface area contributed by atoms with Crippen molar-refractivity contribution in [1.82, 2.24) is 10.2 Å². The van der Waals surface area contributed by atoms with E-state index in [1.807, 2.05) is 0 Å². The highest BCUT2D eigenvalue weighted by Gasteiger charge is 2.46. The van der Waals surface area contributed by atoms with Crippen LogP contribution in [0, 0.1) is 5.41 Å². The van der Waals surface area contributed by atoms with Gasteiger partial charge in [-0.2, -0.15) is 0 Å². The summed E-state index contributed by atoms with van der Waals surface area (Å²) in [5.41, 5.74) is 0.624. The first kappa shape index (κ1) is 10.1. The summed E-state index contributed by atoms with van der Waals surface area (Å²) in [6.07, 6.45) is 8.68. The van der Waals surface area contributed by atoms with Crippen LogP contribution in [0.25, 0.3) is 0 Å². The molecule has 1 aliphatic carbocycles. The Hall–Kier alpha value is -0.0800. The summed E-state index contributed by atoms with van der Waals surface area (Å²) < 4.78 is 0. The quantitative estimate of drug-likeness (QED) is 0.709. The van der Waals surface area contributed by atoms with E-state index >= 15 is 0 Å². The highest BCUT2D eigenvalue weighted by Crippen LogP contribution is 2.44. The molecule has 0 amide bonds. The second kappa shape index (κ2) is 3.74. The second-order valence-electron chi connectivity index (χ2n) is 5.89. The van der Waals surface area contributed by atoms with E-state index < -0.39 is 0 Å². The molecule has 2 heteroatoms. The third-order valence-electron chi connectivity index (χ3n) is 5.00. The molecule has 2 atom stereocenters. The Bertz CT molecular complexity index is 223. The summed E-state index contributed by atoms with van der Waals surface area (Å²) in [5.74, 6) is 0. The van der Waals surface area contributed by atoms with Gasteiger partial charge in [0.15, 0.2) is 0 Å². The molecule has 0 bridgehead atoms. The number of piperidine rings is 2. The van der Waals surface area contributed by atoms with E-state index in [4.69, 9.17) is 0 Å². The van der Waals surface area contributed by atoms with Crippen molar-refractivity contribution in [2.45, 2.75) is 57.5 Å². The van der Waals surface area contributed by atoms with Crippen LogP contribution in [0.2, 0.25) is 0 Å². The maximum absolute atomic E-state index is 3.63. The molecule has 3 rings (SSSR count). The molecule has 0 radical (unpaired) electrons. The number of rotatable bonds is 1. The van der Waals surface area contributed by atoms with Crippen LogP contribution in [0.5, 0.6) is 0 Å². The fraction of sp³-hybridized carbons (Fsp3) is 1.00. The van der Waals surface area contributed by atoms with Crippen molar-refractivity contribution in [1.29, 1.82) is 0 Å². The molecule has 3 fully saturated rings. The molecule has 0 aromatic carbocycles. The van der Waals surface area contributed by atoms with Crippen molar-refractivity contribution >= 4 is 0 Å². The van der Waals surface area contributed by atoms with E-state index in [-0.39, 0.29) is 0 Å². The van der Waals surface area contributed by atoms with Gasteiger partial charge in [0.2, 0.25) is 0 Å². The molecule has 2 saturated heterocycles. The summed E-state index contributed by atoms with van der Waals surface area (Å²) >= 11 is 0. The Labute approximate surface area is 93.4 Å². The minimum atomic E-state index is 0.624. The first-order valence-corrected chi connectivity index (χ1v) is 6.78. The molecule has 0 aromatic rings. The van der Waals surface area contributed by atoms with Gasteiger partial charge in [0.25, 0.3) is 0 Å². The van der Waals surface area contributed by atoms with Crippen LogP contribution in [-0.4, -0.2) is 36.6 Å². The van der Waals surface area contributed by atoms with Crippen LogP contribution >= 0.6 is 0 Å². The maximum Gasteiger partial charge on any atom is 0.0138 e. The van der Waals surface area contributed by atoms with Crippen molar-refractivity contribution in [2.24, 2.45) is 5.41 Å². The molecule has 2 aliphatic heterocycles. The van der Waals surface area contributed by atoms with E-state index in [9.17, 15) is 0 Å². The molecular formula is C13H24N2. The van der Waals surface area contributed by atoms with E-state index in [1.54, 1.807) is 0 Å². The average Bonchev–Trinajstić information content (AvgIpc) is 3.08. The molecule has 2 nitrogen and oxygen atoms in total. The molecule has 15 heavy (non-hydrogen) atoms. The van der Waals surface area contributed by atoms with Gasteiger partial charge in [0.1, 0.15) is 0 Å². The molecular weight excluding hydrogens is 184 g/mol. The summed E-state index contributed by atoms with van der Waals surface area (Å²) in [6, 6.07) is 1.78. The Kier molecular flexibility index (Phi) is 2.52. The lowest BCUT2D eigenvalue weighted by molar-refractivity contribution is 0.000615. The zero-order valence-corrected chi connectivity index (χ0v) is 9.97. The summed E-state index contributed by atoms with van der Waals surface area (Å²) in [6.45, 7) is 6.38. The Balaban J connectivity index is 1.75. The predicted molar refractivity (Wildman–Crippen MR) is 63.0 cm³/mol.